The molecule has 0 aliphatic carbocycles. The summed E-state index contributed by atoms with van der Waals surface area (Å²) >= 11 is 0. The van der Waals surface area contributed by atoms with Crippen molar-refractivity contribution in [2.24, 2.45) is 17.6 Å². The van der Waals surface area contributed by atoms with Gasteiger partial charge in [-0.3, -0.25) is 9.59 Å². The lowest BCUT2D eigenvalue weighted by atomic mass is 10.1. The van der Waals surface area contributed by atoms with Crippen LogP contribution >= 0.6 is 0 Å². The fourth-order valence-corrected chi connectivity index (χ4v) is 1.06. The molecule has 0 aromatic rings. The summed E-state index contributed by atoms with van der Waals surface area (Å²) in [5.41, 5.74) is 5.65. The van der Waals surface area contributed by atoms with Crippen molar-refractivity contribution in [3.63, 3.8) is 0 Å². The van der Waals surface area contributed by atoms with Gasteiger partial charge in [0.05, 0.1) is 12.6 Å². The molecular weight excluding hydrogens is 218 g/mol. The normalized spacial score (nSPS) is 14.6. The van der Waals surface area contributed by atoms with E-state index in [1.165, 1.54) is 0 Å². The molecule has 5 nitrogen and oxygen atoms in total. The minimum atomic E-state index is -0.565. The van der Waals surface area contributed by atoms with E-state index in [-0.39, 0.29) is 30.3 Å². The van der Waals surface area contributed by atoms with Crippen LogP contribution in [0.1, 0.15) is 34.6 Å². The highest BCUT2D eigenvalue weighted by Crippen LogP contribution is 1.99. The van der Waals surface area contributed by atoms with E-state index in [9.17, 15) is 9.59 Å². The molecule has 5 heteroatoms. The minimum absolute atomic E-state index is 0.0175. The number of carbonyl (C=O) groups is 2. The van der Waals surface area contributed by atoms with E-state index in [1.54, 1.807) is 0 Å². The molecule has 0 fully saturated rings. The Kier molecular flexibility index (Phi) is 6.80. The number of amides is 2. The Morgan fingerprint density at radius 2 is 1.59 bits per heavy atom. The molecule has 0 rings (SSSR count). The van der Waals surface area contributed by atoms with Crippen LogP contribution in [0.5, 0.6) is 0 Å². The third-order valence-corrected chi connectivity index (χ3v) is 2.83. The molecule has 4 N–H and O–H groups in total. The summed E-state index contributed by atoms with van der Waals surface area (Å²) in [4.78, 5) is 23.0. The predicted molar refractivity (Wildman–Crippen MR) is 68.3 cm³/mol. The van der Waals surface area contributed by atoms with E-state index in [1.807, 2.05) is 34.6 Å². The highest BCUT2D eigenvalue weighted by molar-refractivity contribution is 5.87. The lowest BCUT2D eigenvalue weighted by Gasteiger charge is -2.19. The van der Waals surface area contributed by atoms with Crippen molar-refractivity contribution in [1.82, 2.24) is 10.6 Å². The number of hydrogen-bond acceptors (Lipinski definition) is 3. The van der Waals surface area contributed by atoms with Gasteiger partial charge in [0, 0.05) is 6.04 Å². The molecule has 0 radical (unpaired) electrons. The molecule has 0 spiro atoms. The molecule has 100 valence electrons. The first kappa shape index (κ1) is 15.9. The topological polar surface area (TPSA) is 84.2 Å². The average molecular weight is 243 g/mol. The third-order valence-electron chi connectivity index (χ3n) is 2.83. The highest BCUT2D eigenvalue weighted by Gasteiger charge is 2.18. The van der Waals surface area contributed by atoms with Gasteiger partial charge in [0.2, 0.25) is 11.8 Å². The highest BCUT2D eigenvalue weighted by atomic mass is 16.2. The molecule has 1 unspecified atom stereocenters. The van der Waals surface area contributed by atoms with Gasteiger partial charge in [0.25, 0.3) is 0 Å². The van der Waals surface area contributed by atoms with Gasteiger partial charge in [-0.15, -0.1) is 0 Å². The van der Waals surface area contributed by atoms with Gasteiger partial charge in [-0.25, -0.2) is 0 Å². The first-order valence-corrected chi connectivity index (χ1v) is 6.08. The molecule has 2 amide bonds. The van der Waals surface area contributed by atoms with Gasteiger partial charge >= 0.3 is 0 Å². The summed E-state index contributed by atoms with van der Waals surface area (Å²) < 4.78 is 0. The third kappa shape index (κ3) is 6.26. The molecule has 0 saturated heterocycles. The second-order valence-corrected chi connectivity index (χ2v) is 5.09. The van der Waals surface area contributed by atoms with Crippen LogP contribution in [0.15, 0.2) is 0 Å². The molecule has 0 aliphatic rings. The van der Waals surface area contributed by atoms with Crippen molar-refractivity contribution in [3.05, 3.63) is 0 Å². The van der Waals surface area contributed by atoms with Crippen molar-refractivity contribution in [2.75, 3.05) is 6.54 Å². The van der Waals surface area contributed by atoms with E-state index in [4.69, 9.17) is 5.73 Å². The van der Waals surface area contributed by atoms with Gasteiger partial charge in [0.1, 0.15) is 0 Å². The zero-order valence-electron chi connectivity index (χ0n) is 11.4. The van der Waals surface area contributed by atoms with Gasteiger partial charge in [-0.1, -0.05) is 27.7 Å². The average Bonchev–Trinajstić information content (AvgIpc) is 2.24. The van der Waals surface area contributed by atoms with Crippen LogP contribution in [-0.2, 0) is 9.59 Å². The molecular formula is C12H25N3O2. The van der Waals surface area contributed by atoms with Crippen molar-refractivity contribution >= 4 is 11.8 Å². The first-order valence-electron chi connectivity index (χ1n) is 6.08. The van der Waals surface area contributed by atoms with Crippen LogP contribution in [0, 0.1) is 11.8 Å². The first-order chi connectivity index (χ1) is 7.75. The van der Waals surface area contributed by atoms with Crippen molar-refractivity contribution in [1.29, 1.82) is 0 Å². The minimum Gasteiger partial charge on any atom is -0.352 e. The fourth-order valence-electron chi connectivity index (χ4n) is 1.06. The zero-order chi connectivity index (χ0) is 13.6. The molecule has 0 saturated carbocycles. The van der Waals surface area contributed by atoms with E-state index in [0.717, 1.165) is 0 Å². The number of nitrogens with one attached hydrogen (secondary N) is 2. The van der Waals surface area contributed by atoms with E-state index < -0.39 is 6.04 Å². The van der Waals surface area contributed by atoms with Crippen molar-refractivity contribution in [3.8, 4) is 0 Å². The summed E-state index contributed by atoms with van der Waals surface area (Å²) in [7, 11) is 0. The summed E-state index contributed by atoms with van der Waals surface area (Å²) in [6.07, 6.45) is 0. The van der Waals surface area contributed by atoms with Crippen LogP contribution in [0.2, 0.25) is 0 Å². The van der Waals surface area contributed by atoms with Crippen LogP contribution in [0.3, 0.4) is 0 Å². The zero-order valence-corrected chi connectivity index (χ0v) is 11.4. The standard InChI is InChI=1S/C12H25N3O2/c1-7(2)9(5)15-10(16)6-14-12(17)11(13)8(3)4/h7-9,11H,6,13H2,1-5H3,(H,14,17)(H,15,16)/t9?,11-/m0/s1. The monoisotopic (exact) mass is 243 g/mol. The van der Waals surface area contributed by atoms with Gasteiger partial charge in [0.15, 0.2) is 0 Å². The number of nitrogens with two attached hydrogens (primary N) is 1. The molecule has 0 heterocycles. The maximum atomic E-state index is 11.5. The summed E-state index contributed by atoms with van der Waals surface area (Å²) in [5, 5.41) is 5.34. The van der Waals surface area contributed by atoms with Crippen molar-refractivity contribution in [2.45, 2.75) is 46.7 Å². The van der Waals surface area contributed by atoms with E-state index in [0.29, 0.717) is 5.92 Å². The molecule has 0 aliphatic heterocycles. The van der Waals surface area contributed by atoms with Crippen LogP contribution in [0.4, 0.5) is 0 Å². The molecule has 0 aromatic heterocycles. The Labute approximate surface area is 104 Å². The Balaban J connectivity index is 3.96. The smallest absolute Gasteiger partial charge is 0.239 e. The second kappa shape index (κ2) is 7.27. The maximum absolute atomic E-state index is 11.5. The number of hydrogen-bond donors (Lipinski definition) is 3. The molecule has 17 heavy (non-hydrogen) atoms. The van der Waals surface area contributed by atoms with Crippen LogP contribution in [-0.4, -0.2) is 30.4 Å². The largest absolute Gasteiger partial charge is 0.352 e. The Bertz CT molecular complexity index is 264. The van der Waals surface area contributed by atoms with E-state index >= 15 is 0 Å². The molecule has 2 atom stereocenters. The summed E-state index contributed by atoms with van der Waals surface area (Å²) in [6.45, 7) is 9.70. The SMILES string of the molecule is CC(C)C(C)NC(=O)CNC(=O)[C@@H](N)C(C)C. The van der Waals surface area contributed by atoms with E-state index in [2.05, 4.69) is 10.6 Å². The summed E-state index contributed by atoms with van der Waals surface area (Å²) in [5.74, 6) is -0.0388. The number of carbonyl (C=O) groups excluding carboxylic acids is 2. The van der Waals surface area contributed by atoms with Gasteiger partial charge in [-0.2, -0.15) is 0 Å². The fraction of sp³-hybridized carbons (Fsp3) is 0.833. The Hall–Kier alpha value is -1.10. The number of rotatable bonds is 6. The Morgan fingerprint density at radius 1 is 1.06 bits per heavy atom. The van der Waals surface area contributed by atoms with Crippen LogP contribution < -0.4 is 16.4 Å². The Morgan fingerprint density at radius 3 is 2.00 bits per heavy atom. The summed E-state index contributed by atoms with van der Waals surface area (Å²) in [6, 6.07) is -0.469. The quantitative estimate of drug-likeness (QED) is 0.625. The molecule has 0 aromatic carbocycles. The second-order valence-electron chi connectivity index (χ2n) is 5.09. The van der Waals surface area contributed by atoms with Crippen molar-refractivity contribution < 1.29 is 9.59 Å². The van der Waals surface area contributed by atoms with Crippen LogP contribution in [0.25, 0.3) is 0 Å². The maximum Gasteiger partial charge on any atom is 0.239 e. The van der Waals surface area contributed by atoms with Gasteiger partial charge < -0.3 is 16.4 Å². The lowest BCUT2D eigenvalue weighted by Crippen LogP contribution is -2.48. The predicted octanol–water partition coefficient (Wildman–Crippen LogP) is 0.247. The lowest BCUT2D eigenvalue weighted by molar-refractivity contribution is -0.127. The molecule has 0 bridgehead atoms. The van der Waals surface area contributed by atoms with Gasteiger partial charge in [-0.05, 0) is 18.8 Å².